The van der Waals surface area contributed by atoms with E-state index in [4.69, 9.17) is 11.6 Å². The number of carbonyl (C=O) groups is 1. The van der Waals surface area contributed by atoms with Crippen LogP contribution in [0.2, 0.25) is 5.02 Å². The number of Topliss-reactive ketones (excluding diaryl/α,β-unsaturated/α-hetero) is 1. The van der Waals surface area contributed by atoms with Crippen LogP contribution in [0.5, 0.6) is 0 Å². The Morgan fingerprint density at radius 2 is 2.29 bits per heavy atom. The van der Waals surface area contributed by atoms with E-state index in [1.54, 1.807) is 13.8 Å². The minimum Gasteiger partial charge on any atom is -0.297 e. The lowest BCUT2D eigenvalue weighted by Crippen LogP contribution is -2.27. The van der Waals surface area contributed by atoms with Gasteiger partial charge in [-0.25, -0.2) is 9.78 Å². The third kappa shape index (κ3) is 2.67. The van der Waals surface area contributed by atoms with Crippen molar-refractivity contribution in [1.82, 2.24) is 9.55 Å². The van der Waals surface area contributed by atoms with Crippen molar-refractivity contribution in [3.8, 4) is 0 Å². The first-order valence-corrected chi connectivity index (χ1v) is 4.63. The van der Waals surface area contributed by atoms with Crippen LogP contribution >= 0.6 is 11.6 Å². The Labute approximate surface area is 86.5 Å². The molecule has 0 N–H and O–H groups in total. The summed E-state index contributed by atoms with van der Waals surface area (Å²) in [6.45, 7) is 3.60. The monoisotopic (exact) mass is 214 g/mol. The average molecular weight is 215 g/mol. The summed E-state index contributed by atoms with van der Waals surface area (Å²) in [4.78, 5) is 26.0. The second-order valence-corrected chi connectivity index (χ2v) is 3.74. The van der Waals surface area contributed by atoms with Gasteiger partial charge in [-0.05, 0) is 0 Å². The maximum atomic E-state index is 11.3. The van der Waals surface area contributed by atoms with E-state index in [2.05, 4.69) is 4.98 Å². The second-order valence-electron chi connectivity index (χ2n) is 3.30. The van der Waals surface area contributed by atoms with Crippen molar-refractivity contribution >= 4 is 17.4 Å². The Bertz CT molecular complexity index is 398. The third-order valence-corrected chi connectivity index (χ3v) is 1.99. The Balaban J connectivity index is 2.92. The standard InChI is InChI=1S/C9H11ClN2O2/c1-6(2)8(13)5-12-4-7(10)3-11-9(12)14/h3-4,6H,5H2,1-2H3. The smallest absolute Gasteiger partial charge is 0.297 e. The topological polar surface area (TPSA) is 52.0 Å². The number of hydrogen-bond acceptors (Lipinski definition) is 3. The SMILES string of the molecule is CC(C)C(=O)Cn1cc(Cl)cnc1=O. The first kappa shape index (κ1) is 10.9. The van der Waals surface area contributed by atoms with Gasteiger partial charge in [0, 0.05) is 12.1 Å². The van der Waals surface area contributed by atoms with Gasteiger partial charge in [0.05, 0.1) is 17.8 Å². The molecule has 0 bridgehead atoms. The zero-order chi connectivity index (χ0) is 10.7. The highest BCUT2D eigenvalue weighted by molar-refractivity contribution is 6.30. The van der Waals surface area contributed by atoms with Crippen molar-refractivity contribution in [2.24, 2.45) is 5.92 Å². The number of rotatable bonds is 3. The summed E-state index contributed by atoms with van der Waals surface area (Å²) in [7, 11) is 0. The molecule has 1 rings (SSSR count). The van der Waals surface area contributed by atoms with Crippen LogP contribution in [-0.4, -0.2) is 15.3 Å². The molecule has 0 aliphatic carbocycles. The van der Waals surface area contributed by atoms with E-state index in [0.29, 0.717) is 5.02 Å². The molecule has 0 radical (unpaired) electrons. The molecule has 0 aromatic carbocycles. The Hall–Kier alpha value is -1.16. The van der Waals surface area contributed by atoms with E-state index in [0.717, 1.165) is 0 Å². The molecular formula is C9H11ClN2O2. The maximum absolute atomic E-state index is 11.3. The van der Waals surface area contributed by atoms with Gasteiger partial charge in [-0.3, -0.25) is 9.36 Å². The molecule has 1 heterocycles. The van der Waals surface area contributed by atoms with E-state index in [-0.39, 0.29) is 18.2 Å². The average Bonchev–Trinajstić information content (AvgIpc) is 2.11. The van der Waals surface area contributed by atoms with Gasteiger partial charge in [0.25, 0.3) is 0 Å². The van der Waals surface area contributed by atoms with Crippen molar-refractivity contribution < 1.29 is 4.79 Å². The molecule has 0 spiro atoms. The lowest BCUT2D eigenvalue weighted by molar-refractivity contribution is -0.122. The predicted molar refractivity (Wildman–Crippen MR) is 53.4 cm³/mol. The van der Waals surface area contributed by atoms with Crippen LogP contribution in [0.3, 0.4) is 0 Å². The minimum absolute atomic E-state index is 0.0174. The van der Waals surface area contributed by atoms with Crippen molar-refractivity contribution in [3.63, 3.8) is 0 Å². The highest BCUT2D eigenvalue weighted by Gasteiger charge is 2.09. The number of halogens is 1. The summed E-state index contributed by atoms with van der Waals surface area (Å²) in [5.41, 5.74) is -0.455. The van der Waals surface area contributed by atoms with Crippen molar-refractivity contribution in [3.05, 3.63) is 27.9 Å². The highest BCUT2D eigenvalue weighted by Crippen LogP contribution is 2.02. The van der Waals surface area contributed by atoms with E-state index >= 15 is 0 Å². The van der Waals surface area contributed by atoms with Gasteiger partial charge in [-0.1, -0.05) is 25.4 Å². The van der Waals surface area contributed by atoms with Crippen LogP contribution < -0.4 is 5.69 Å². The molecule has 0 unspecified atom stereocenters. The van der Waals surface area contributed by atoms with E-state index in [9.17, 15) is 9.59 Å². The van der Waals surface area contributed by atoms with E-state index < -0.39 is 5.69 Å². The molecule has 0 aliphatic heterocycles. The van der Waals surface area contributed by atoms with Crippen LogP contribution in [0.4, 0.5) is 0 Å². The molecular weight excluding hydrogens is 204 g/mol. The zero-order valence-corrected chi connectivity index (χ0v) is 8.78. The normalized spacial score (nSPS) is 10.6. The van der Waals surface area contributed by atoms with Crippen LogP contribution in [0.25, 0.3) is 0 Å². The van der Waals surface area contributed by atoms with E-state index in [1.807, 2.05) is 0 Å². The first-order valence-electron chi connectivity index (χ1n) is 4.25. The third-order valence-electron chi connectivity index (χ3n) is 1.79. The maximum Gasteiger partial charge on any atom is 0.348 e. The Morgan fingerprint density at radius 3 is 2.86 bits per heavy atom. The lowest BCUT2D eigenvalue weighted by atomic mass is 10.1. The van der Waals surface area contributed by atoms with Gasteiger partial charge in [0.15, 0.2) is 5.78 Å². The largest absolute Gasteiger partial charge is 0.348 e. The van der Waals surface area contributed by atoms with Crippen LogP contribution in [0, 0.1) is 5.92 Å². The first-order chi connectivity index (χ1) is 6.50. The quantitative estimate of drug-likeness (QED) is 0.758. The fourth-order valence-electron chi connectivity index (χ4n) is 0.892. The van der Waals surface area contributed by atoms with Crippen LogP contribution in [-0.2, 0) is 11.3 Å². The summed E-state index contributed by atoms with van der Waals surface area (Å²) >= 11 is 5.65. The van der Waals surface area contributed by atoms with Crippen molar-refractivity contribution in [2.45, 2.75) is 20.4 Å². The molecule has 1 aromatic rings. The number of nitrogens with zero attached hydrogens (tertiary/aromatic N) is 2. The van der Waals surface area contributed by atoms with Gasteiger partial charge in [-0.2, -0.15) is 0 Å². The molecule has 0 saturated heterocycles. The van der Waals surface area contributed by atoms with Crippen molar-refractivity contribution in [2.75, 3.05) is 0 Å². The zero-order valence-electron chi connectivity index (χ0n) is 8.03. The fourth-order valence-corrected chi connectivity index (χ4v) is 1.06. The number of ketones is 1. The number of aromatic nitrogens is 2. The fraction of sp³-hybridized carbons (Fsp3) is 0.444. The minimum atomic E-state index is -0.455. The predicted octanol–water partition coefficient (Wildman–Crippen LogP) is 1.12. The van der Waals surface area contributed by atoms with Gasteiger partial charge >= 0.3 is 5.69 Å². The van der Waals surface area contributed by atoms with Gasteiger partial charge in [0.2, 0.25) is 0 Å². The highest BCUT2D eigenvalue weighted by atomic mass is 35.5. The summed E-state index contributed by atoms with van der Waals surface area (Å²) in [6, 6.07) is 0. The molecule has 4 nitrogen and oxygen atoms in total. The Morgan fingerprint density at radius 1 is 1.64 bits per heavy atom. The molecule has 0 amide bonds. The summed E-state index contributed by atoms with van der Waals surface area (Å²) in [6.07, 6.45) is 2.68. The van der Waals surface area contributed by atoms with Gasteiger partial charge in [-0.15, -0.1) is 0 Å². The molecule has 0 saturated carbocycles. The van der Waals surface area contributed by atoms with Gasteiger partial charge < -0.3 is 0 Å². The van der Waals surface area contributed by atoms with Crippen LogP contribution in [0.1, 0.15) is 13.8 Å². The van der Waals surface area contributed by atoms with Gasteiger partial charge in [0.1, 0.15) is 0 Å². The summed E-state index contributed by atoms with van der Waals surface area (Å²) in [5.74, 6) is -0.114. The number of hydrogen-bond donors (Lipinski definition) is 0. The summed E-state index contributed by atoms with van der Waals surface area (Å²) in [5, 5.41) is 0.348. The molecule has 5 heteroatoms. The second kappa shape index (κ2) is 4.37. The Kier molecular flexibility index (Phi) is 3.41. The summed E-state index contributed by atoms with van der Waals surface area (Å²) < 4.78 is 1.21. The molecule has 1 aromatic heterocycles. The molecule has 0 aliphatic rings. The molecule has 0 atom stereocenters. The van der Waals surface area contributed by atoms with E-state index in [1.165, 1.54) is 17.0 Å². The molecule has 14 heavy (non-hydrogen) atoms. The molecule has 76 valence electrons. The lowest BCUT2D eigenvalue weighted by Gasteiger charge is -2.06. The number of carbonyl (C=O) groups excluding carboxylic acids is 1. The van der Waals surface area contributed by atoms with Crippen LogP contribution in [0.15, 0.2) is 17.2 Å². The van der Waals surface area contributed by atoms with Crippen molar-refractivity contribution in [1.29, 1.82) is 0 Å². The molecule has 0 fully saturated rings.